The highest BCUT2D eigenvalue weighted by Gasteiger charge is 2.25. The first-order chi connectivity index (χ1) is 10.7. The van der Waals surface area contributed by atoms with Gasteiger partial charge in [-0.2, -0.15) is 0 Å². The number of aromatic nitrogens is 2. The number of halogens is 1. The topological polar surface area (TPSA) is 55.3 Å². The number of morpholine rings is 1. The molecule has 116 valence electrons. The van der Waals surface area contributed by atoms with E-state index < -0.39 is 0 Å². The van der Waals surface area contributed by atoms with Crippen LogP contribution >= 0.6 is 23.1 Å². The summed E-state index contributed by atoms with van der Waals surface area (Å²) < 4.78 is 19.5. The predicted octanol–water partition coefficient (Wildman–Crippen LogP) is 2.37. The Morgan fingerprint density at radius 2 is 2.27 bits per heavy atom. The summed E-state index contributed by atoms with van der Waals surface area (Å²) >= 11 is 2.81. The van der Waals surface area contributed by atoms with E-state index in [4.69, 9.17) is 4.74 Å². The van der Waals surface area contributed by atoms with E-state index in [0.717, 1.165) is 9.90 Å². The summed E-state index contributed by atoms with van der Waals surface area (Å²) in [5.41, 5.74) is 2.53. The lowest BCUT2D eigenvalue weighted by molar-refractivity contribution is -0.136. The Morgan fingerprint density at radius 3 is 3.00 bits per heavy atom. The van der Waals surface area contributed by atoms with Crippen LogP contribution < -0.4 is 0 Å². The molecule has 1 aromatic carbocycles. The number of carbonyl (C=O) groups excluding carboxylic acids is 1. The Kier molecular flexibility index (Phi) is 5.01. The Hall–Kier alpha value is -1.51. The van der Waals surface area contributed by atoms with E-state index in [1.807, 2.05) is 0 Å². The molecule has 0 spiro atoms. The van der Waals surface area contributed by atoms with Crippen LogP contribution in [0.5, 0.6) is 0 Å². The van der Waals surface area contributed by atoms with Gasteiger partial charge in [-0.25, -0.2) is 4.39 Å². The quantitative estimate of drug-likeness (QED) is 0.801. The molecule has 0 N–H and O–H groups in total. The van der Waals surface area contributed by atoms with Crippen molar-refractivity contribution < 1.29 is 13.9 Å². The van der Waals surface area contributed by atoms with Gasteiger partial charge >= 0.3 is 0 Å². The van der Waals surface area contributed by atoms with Gasteiger partial charge in [0, 0.05) is 6.54 Å². The van der Waals surface area contributed by atoms with Gasteiger partial charge in [0.05, 0.1) is 18.9 Å². The molecular weight excluding hydrogens is 325 g/mol. The molecule has 1 aromatic heterocycles. The molecule has 0 aliphatic carbocycles. The summed E-state index contributed by atoms with van der Waals surface area (Å²) in [5, 5.41) is 7.65. The lowest BCUT2D eigenvalue weighted by Gasteiger charge is -2.33. The van der Waals surface area contributed by atoms with E-state index in [9.17, 15) is 9.18 Å². The van der Waals surface area contributed by atoms with Gasteiger partial charge in [-0.1, -0.05) is 35.2 Å². The third kappa shape index (κ3) is 3.82. The standard InChI is InChI=1S/C14H14FN3O2S2/c15-11-3-1-10(2-4-11)12-7-18(5-6-20-12)13(19)8-21-14-17-16-9-22-14/h1-4,9,12H,5-8H2. The molecule has 1 amide bonds. The van der Waals surface area contributed by atoms with Crippen molar-refractivity contribution in [2.45, 2.75) is 10.4 Å². The summed E-state index contributed by atoms with van der Waals surface area (Å²) in [6.45, 7) is 1.55. The first-order valence-corrected chi connectivity index (χ1v) is 8.63. The van der Waals surface area contributed by atoms with Gasteiger partial charge in [0.2, 0.25) is 5.91 Å². The van der Waals surface area contributed by atoms with Crippen molar-refractivity contribution in [3.8, 4) is 0 Å². The molecule has 0 saturated carbocycles. The fourth-order valence-electron chi connectivity index (χ4n) is 2.20. The van der Waals surface area contributed by atoms with Crippen molar-refractivity contribution in [3.05, 3.63) is 41.2 Å². The van der Waals surface area contributed by atoms with Crippen molar-refractivity contribution in [1.82, 2.24) is 15.1 Å². The van der Waals surface area contributed by atoms with Gasteiger partial charge in [0.25, 0.3) is 0 Å². The second-order valence-electron chi connectivity index (χ2n) is 4.74. The van der Waals surface area contributed by atoms with Gasteiger partial charge < -0.3 is 9.64 Å². The van der Waals surface area contributed by atoms with Gasteiger partial charge in [-0.05, 0) is 17.7 Å². The SMILES string of the molecule is O=C(CSc1nncs1)N1CCOC(c2ccc(F)cc2)C1. The molecule has 3 rings (SSSR count). The minimum Gasteiger partial charge on any atom is -0.370 e. The Labute approximate surface area is 135 Å². The summed E-state index contributed by atoms with van der Waals surface area (Å²) in [5.74, 6) is 0.113. The van der Waals surface area contributed by atoms with E-state index in [0.29, 0.717) is 25.4 Å². The van der Waals surface area contributed by atoms with Crippen molar-refractivity contribution in [3.63, 3.8) is 0 Å². The predicted molar refractivity (Wildman–Crippen MR) is 82.3 cm³/mol. The molecule has 0 bridgehead atoms. The molecule has 1 aliphatic rings. The lowest BCUT2D eigenvalue weighted by atomic mass is 10.1. The first-order valence-electron chi connectivity index (χ1n) is 6.76. The van der Waals surface area contributed by atoms with Crippen LogP contribution in [0.4, 0.5) is 4.39 Å². The van der Waals surface area contributed by atoms with Crippen molar-refractivity contribution in [2.24, 2.45) is 0 Å². The number of thioether (sulfide) groups is 1. The Morgan fingerprint density at radius 1 is 1.45 bits per heavy atom. The molecule has 0 radical (unpaired) electrons. The minimum absolute atomic E-state index is 0.0515. The van der Waals surface area contributed by atoms with E-state index in [-0.39, 0.29) is 17.8 Å². The molecule has 1 aliphatic heterocycles. The highest BCUT2D eigenvalue weighted by atomic mass is 32.2. The molecule has 1 unspecified atom stereocenters. The molecule has 5 nitrogen and oxygen atoms in total. The van der Waals surface area contributed by atoms with Crippen LogP contribution in [0.15, 0.2) is 34.1 Å². The van der Waals surface area contributed by atoms with Crippen LogP contribution in [0.1, 0.15) is 11.7 Å². The van der Waals surface area contributed by atoms with E-state index in [2.05, 4.69) is 10.2 Å². The third-order valence-electron chi connectivity index (χ3n) is 3.32. The molecule has 1 saturated heterocycles. The van der Waals surface area contributed by atoms with Crippen LogP contribution in [0.2, 0.25) is 0 Å². The fraction of sp³-hybridized carbons (Fsp3) is 0.357. The van der Waals surface area contributed by atoms with Gasteiger partial charge in [0.1, 0.15) is 17.4 Å². The van der Waals surface area contributed by atoms with E-state index in [1.54, 1.807) is 22.5 Å². The summed E-state index contributed by atoms with van der Waals surface area (Å²) in [7, 11) is 0. The summed E-state index contributed by atoms with van der Waals surface area (Å²) in [6, 6.07) is 6.21. The lowest BCUT2D eigenvalue weighted by Crippen LogP contribution is -2.43. The monoisotopic (exact) mass is 339 g/mol. The maximum absolute atomic E-state index is 13.0. The zero-order valence-electron chi connectivity index (χ0n) is 11.6. The van der Waals surface area contributed by atoms with Gasteiger partial charge in [0.15, 0.2) is 4.34 Å². The maximum atomic E-state index is 13.0. The maximum Gasteiger partial charge on any atom is 0.233 e. The van der Waals surface area contributed by atoms with E-state index >= 15 is 0 Å². The number of hydrogen-bond donors (Lipinski definition) is 0. The summed E-state index contributed by atoms with van der Waals surface area (Å²) in [4.78, 5) is 14.1. The second kappa shape index (κ2) is 7.17. The van der Waals surface area contributed by atoms with Crippen LogP contribution in [0.3, 0.4) is 0 Å². The zero-order chi connectivity index (χ0) is 15.4. The van der Waals surface area contributed by atoms with Crippen molar-refractivity contribution in [2.75, 3.05) is 25.4 Å². The molecule has 2 aromatic rings. The number of nitrogens with zero attached hydrogens (tertiary/aromatic N) is 3. The van der Waals surface area contributed by atoms with E-state index in [1.165, 1.54) is 35.2 Å². The number of carbonyl (C=O) groups is 1. The number of benzene rings is 1. The molecule has 22 heavy (non-hydrogen) atoms. The number of amides is 1. The highest BCUT2D eigenvalue weighted by Crippen LogP contribution is 2.24. The fourth-order valence-corrected chi connectivity index (χ4v) is 3.59. The summed E-state index contributed by atoms with van der Waals surface area (Å²) in [6.07, 6.45) is -0.204. The second-order valence-corrected chi connectivity index (χ2v) is 6.80. The average molecular weight is 339 g/mol. The normalized spacial score (nSPS) is 18.4. The molecule has 1 fully saturated rings. The highest BCUT2D eigenvalue weighted by molar-refractivity contribution is 8.01. The Bertz CT molecular complexity index is 622. The molecular formula is C14H14FN3O2S2. The minimum atomic E-state index is -0.277. The number of hydrogen-bond acceptors (Lipinski definition) is 6. The van der Waals surface area contributed by atoms with Gasteiger partial charge in [-0.3, -0.25) is 4.79 Å². The van der Waals surface area contributed by atoms with Crippen LogP contribution in [0.25, 0.3) is 0 Å². The first kappa shape index (κ1) is 15.4. The van der Waals surface area contributed by atoms with Gasteiger partial charge in [-0.15, -0.1) is 10.2 Å². The molecule has 2 heterocycles. The molecule has 1 atom stereocenters. The third-order valence-corrected chi connectivity index (χ3v) is 5.17. The molecule has 8 heteroatoms. The van der Waals surface area contributed by atoms with Crippen LogP contribution in [-0.4, -0.2) is 46.5 Å². The van der Waals surface area contributed by atoms with Crippen LogP contribution in [0, 0.1) is 5.82 Å². The van der Waals surface area contributed by atoms with Crippen molar-refractivity contribution >= 4 is 29.0 Å². The zero-order valence-corrected chi connectivity index (χ0v) is 13.3. The smallest absolute Gasteiger partial charge is 0.233 e. The number of ether oxygens (including phenoxy) is 1. The largest absolute Gasteiger partial charge is 0.370 e. The average Bonchev–Trinajstić information content (AvgIpc) is 3.07. The van der Waals surface area contributed by atoms with Crippen LogP contribution in [-0.2, 0) is 9.53 Å². The Balaban J connectivity index is 1.57. The number of rotatable bonds is 4. The van der Waals surface area contributed by atoms with Crippen molar-refractivity contribution in [1.29, 1.82) is 0 Å².